The molecular weight excluding hydrogens is 206 g/mol. The lowest BCUT2D eigenvalue weighted by Crippen LogP contribution is -2.43. The summed E-state index contributed by atoms with van der Waals surface area (Å²) in [5, 5.41) is 0. The van der Waals surface area contributed by atoms with Gasteiger partial charge in [-0.25, -0.2) is 0 Å². The summed E-state index contributed by atoms with van der Waals surface area (Å²) in [7, 11) is 4.97. The van der Waals surface area contributed by atoms with Crippen LogP contribution < -0.4 is 0 Å². The fraction of sp³-hybridized carbons (Fsp3) is 0.667. The number of allylic oxidation sites excluding steroid dienone is 2. The van der Waals surface area contributed by atoms with Crippen LogP contribution >= 0.6 is 0 Å². The zero-order valence-electron chi connectivity index (χ0n) is 10.4. The number of hydrogen-bond acceptors (Lipinski definition) is 3. The van der Waals surface area contributed by atoms with Crippen LogP contribution in [-0.2, 0) is 14.3 Å². The summed E-state index contributed by atoms with van der Waals surface area (Å²) in [5.74, 6) is 0.583. The zero-order valence-corrected chi connectivity index (χ0v) is 10.4. The van der Waals surface area contributed by atoms with Gasteiger partial charge in [0.15, 0.2) is 5.78 Å². The van der Waals surface area contributed by atoms with Crippen LogP contribution in [0.2, 0.25) is 0 Å². The van der Waals surface area contributed by atoms with Crippen molar-refractivity contribution in [2.45, 2.75) is 26.2 Å². The monoisotopic (exact) mass is 225 g/mol. The van der Waals surface area contributed by atoms with Crippen molar-refractivity contribution < 1.29 is 14.3 Å². The fourth-order valence-electron chi connectivity index (χ4n) is 2.17. The van der Waals surface area contributed by atoms with Crippen molar-refractivity contribution in [3.8, 4) is 0 Å². The summed E-state index contributed by atoms with van der Waals surface area (Å²) < 4.78 is 5.12. The van der Waals surface area contributed by atoms with Gasteiger partial charge in [-0.15, -0.1) is 0 Å². The molecule has 4 nitrogen and oxygen atoms in total. The Hall–Kier alpha value is -1.32. The summed E-state index contributed by atoms with van der Waals surface area (Å²) >= 11 is 0. The number of methoxy groups -OCH3 is 1. The Morgan fingerprint density at radius 2 is 2.12 bits per heavy atom. The number of rotatable bonds is 3. The van der Waals surface area contributed by atoms with Crippen molar-refractivity contribution >= 4 is 11.7 Å². The summed E-state index contributed by atoms with van der Waals surface area (Å²) in [5.41, 5.74) is -0.610. The highest BCUT2D eigenvalue weighted by atomic mass is 16.5. The van der Waals surface area contributed by atoms with E-state index in [0.717, 1.165) is 0 Å². The molecule has 1 aliphatic rings. The van der Waals surface area contributed by atoms with Gasteiger partial charge in [0.2, 0.25) is 5.91 Å². The molecule has 0 aromatic rings. The number of hydrogen-bond donors (Lipinski definition) is 0. The standard InChI is InChI=1S/C12H19NO3/c1-5-12(11(15)13(2)3)7-9(14)6-10(8-12)16-4/h6H,5,7-8H2,1-4H3. The maximum atomic E-state index is 12.1. The highest BCUT2D eigenvalue weighted by molar-refractivity contribution is 5.97. The molecule has 90 valence electrons. The van der Waals surface area contributed by atoms with E-state index in [2.05, 4.69) is 0 Å². The van der Waals surface area contributed by atoms with Crippen LogP contribution in [0, 0.1) is 5.41 Å². The number of ether oxygens (including phenoxy) is 1. The van der Waals surface area contributed by atoms with Gasteiger partial charge in [-0.3, -0.25) is 9.59 Å². The van der Waals surface area contributed by atoms with Crippen molar-refractivity contribution in [2.75, 3.05) is 21.2 Å². The van der Waals surface area contributed by atoms with Gasteiger partial charge in [-0.05, 0) is 6.42 Å². The van der Waals surface area contributed by atoms with Gasteiger partial charge >= 0.3 is 0 Å². The molecule has 1 aliphatic carbocycles. The molecule has 0 spiro atoms. The highest BCUT2D eigenvalue weighted by Gasteiger charge is 2.43. The van der Waals surface area contributed by atoms with E-state index >= 15 is 0 Å². The maximum Gasteiger partial charge on any atom is 0.229 e. The van der Waals surface area contributed by atoms with Crippen molar-refractivity contribution in [2.24, 2.45) is 5.41 Å². The molecule has 16 heavy (non-hydrogen) atoms. The van der Waals surface area contributed by atoms with E-state index in [1.807, 2.05) is 6.92 Å². The second-order valence-electron chi connectivity index (χ2n) is 4.47. The number of carbonyl (C=O) groups is 2. The maximum absolute atomic E-state index is 12.1. The molecule has 0 radical (unpaired) electrons. The van der Waals surface area contributed by atoms with Gasteiger partial charge in [0, 0.05) is 33.0 Å². The van der Waals surface area contributed by atoms with E-state index in [4.69, 9.17) is 4.74 Å². The predicted molar refractivity (Wildman–Crippen MR) is 60.8 cm³/mol. The zero-order chi connectivity index (χ0) is 12.3. The Labute approximate surface area is 96.3 Å². The first-order valence-electron chi connectivity index (χ1n) is 5.44. The minimum Gasteiger partial charge on any atom is -0.501 e. The Bertz CT molecular complexity index is 333. The molecule has 0 bridgehead atoms. The van der Waals surface area contributed by atoms with Gasteiger partial charge in [0.1, 0.15) is 5.76 Å². The third kappa shape index (κ3) is 2.26. The van der Waals surface area contributed by atoms with Crippen LogP contribution in [0.1, 0.15) is 26.2 Å². The van der Waals surface area contributed by atoms with Gasteiger partial charge < -0.3 is 9.64 Å². The third-order valence-electron chi connectivity index (χ3n) is 3.15. The number of amides is 1. The van der Waals surface area contributed by atoms with E-state index in [1.165, 1.54) is 13.2 Å². The Morgan fingerprint density at radius 1 is 1.50 bits per heavy atom. The Morgan fingerprint density at radius 3 is 2.56 bits per heavy atom. The second kappa shape index (κ2) is 4.68. The van der Waals surface area contributed by atoms with E-state index in [0.29, 0.717) is 18.6 Å². The quantitative estimate of drug-likeness (QED) is 0.728. The summed E-state index contributed by atoms with van der Waals surface area (Å²) in [4.78, 5) is 25.3. The van der Waals surface area contributed by atoms with Crippen molar-refractivity contribution in [3.63, 3.8) is 0 Å². The van der Waals surface area contributed by atoms with E-state index in [9.17, 15) is 9.59 Å². The van der Waals surface area contributed by atoms with Crippen LogP contribution in [-0.4, -0.2) is 37.8 Å². The molecule has 4 heteroatoms. The molecule has 0 aromatic carbocycles. The summed E-state index contributed by atoms with van der Waals surface area (Å²) in [6.07, 6.45) is 2.95. The molecule has 1 unspecified atom stereocenters. The number of nitrogens with zero attached hydrogens (tertiary/aromatic N) is 1. The summed E-state index contributed by atoms with van der Waals surface area (Å²) in [6, 6.07) is 0. The molecule has 1 atom stereocenters. The van der Waals surface area contributed by atoms with Crippen molar-refractivity contribution in [1.29, 1.82) is 0 Å². The first-order chi connectivity index (χ1) is 7.45. The Balaban J connectivity index is 3.03. The average Bonchev–Trinajstić information content (AvgIpc) is 2.26. The van der Waals surface area contributed by atoms with Crippen molar-refractivity contribution in [1.82, 2.24) is 4.90 Å². The molecule has 0 saturated heterocycles. The minimum absolute atomic E-state index is 0.00556. The van der Waals surface area contributed by atoms with Gasteiger partial charge in [-0.2, -0.15) is 0 Å². The lowest BCUT2D eigenvalue weighted by Gasteiger charge is -2.35. The SMILES string of the molecule is CCC1(C(=O)N(C)C)CC(=O)C=C(OC)C1. The minimum atomic E-state index is -0.610. The Kier molecular flexibility index (Phi) is 3.73. The van der Waals surface area contributed by atoms with Gasteiger partial charge in [0.25, 0.3) is 0 Å². The normalized spacial score (nSPS) is 25.0. The topological polar surface area (TPSA) is 46.6 Å². The molecule has 1 amide bonds. The molecule has 1 rings (SSSR count). The van der Waals surface area contributed by atoms with E-state index in [-0.39, 0.29) is 18.1 Å². The summed E-state index contributed by atoms with van der Waals surface area (Å²) in [6.45, 7) is 1.94. The lowest BCUT2D eigenvalue weighted by molar-refractivity contribution is -0.143. The number of carbonyl (C=O) groups excluding carboxylic acids is 2. The van der Waals surface area contributed by atoms with E-state index < -0.39 is 5.41 Å². The van der Waals surface area contributed by atoms with E-state index in [1.54, 1.807) is 19.0 Å². The van der Waals surface area contributed by atoms with Crippen LogP contribution in [0.5, 0.6) is 0 Å². The first kappa shape index (κ1) is 12.7. The van der Waals surface area contributed by atoms with Gasteiger partial charge in [0.05, 0.1) is 12.5 Å². The van der Waals surface area contributed by atoms with Crippen LogP contribution in [0.25, 0.3) is 0 Å². The van der Waals surface area contributed by atoms with Crippen LogP contribution in [0.4, 0.5) is 0 Å². The highest BCUT2D eigenvalue weighted by Crippen LogP contribution is 2.39. The lowest BCUT2D eigenvalue weighted by atomic mass is 9.72. The molecule has 0 saturated carbocycles. The van der Waals surface area contributed by atoms with Crippen LogP contribution in [0.3, 0.4) is 0 Å². The first-order valence-corrected chi connectivity index (χ1v) is 5.44. The third-order valence-corrected chi connectivity index (χ3v) is 3.15. The molecule has 0 aliphatic heterocycles. The number of ketones is 1. The molecule has 0 fully saturated rings. The molecular formula is C12H19NO3. The van der Waals surface area contributed by atoms with Gasteiger partial charge in [-0.1, -0.05) is 6.92 Å². The predicted octanol–water partition coefficient (Wildman–Crippen LogP) is 1.36. The fourth-order valence-corrected chi connectivity index (χ4v) is 2.17. The molecule has 0 heterocycles. The largest absolute Gasteiger partial charge is 0.501 e. The average molecular weight is 225 g/mol. The molecule has 0 aromatic heterocycles. The van der Waals surface area contributed by atoms with Crippen molar-refractivity contribution in [3.05, 3.63) is 11.8 Å². The van der Waals surface area contributed by atoms with Crippen LogP contribution in [0.15, 0.2) is 11.8 Å². The smallest absolute Gasteiger partial charge is 0.229 e. The second-order valence-corrected chi connectivity index (χ2v) is 4.47. The molecule has 0 N–H and O–H groups in total.